The number of aliphatic hydroxyl groups is 1. The Morgan fingerprint density at radius 2 is 2.29 bits per heavy atom. The summed E-state index contributed by atoms with van der Waals surface area (Å²) in [5.74, 6) is 0.318. The van der Waals surface area contributed by atoms with Crippen molar-refractivity contribution < 1.29 is 13.9 Å². The van der Waals surface area contributed by atoms with Gasteiger partial charge in [-0.05, 0) is 6.92 Å². The third-order valence-electron chi connectivity index (χ3n) is 2.37. The van der Waals surface area contributed by atoms with Gasteiger partial charge in [-0.1, -0.05) is 0 Å². The smallest absolute Gasteiger partial charge is 0.251 e. The highest BCUT2D eigenvalue weighted by molar-refractivity contribution is 7.09. The van der Waals surface area contributed by atoms with Crippen molar-refractivity contribution in [2.75, 3.05) is 19.7 Å². The number of aromatic nitrogens is 1. The highest BCUT2D eigenvalue weighted by Gasteiger charge is 2.21. The van der Waals surface area contributed by atoms with Crippen LogP contribution in [-0.4, -0.2) is 41.1 Å². The molecule has 0 amide bonds. The van der Waals surface area contributed by atoms with Crippen LogP contribution >= 0.6 is 22.9 Å². The Morgan fingerprint density at radius 3 is 2.76 bits per heavy atom. The molecule has 1 heterocycles. The zero-order chi connectivity index (χ0) is 12.8. The Morgan fingerprint density at radius 1 is 1.59 bits per heavy atom. The summed E-state index contributed by atoms with van der Waals surface area (Å²) in [7, 11) is 0. The van der Waals surface area contributed by atoms with Crippen LogP contribution in [0.2, 0.25) is 0 Å². The number of hydrogen-bond acceptors (Lipinski definition) is 4. The number of alkyl halides is 3. The van der Waals surface area contributed by atoms with E-state index in [-0.39, 0.29) is 25.7 Å². The average molecular weight is 285 g/mol. The van der Waals surface area contributed by atoms with E-state index in [0.717, 1.165) is 10.7 Å². The lowest BCUT2D eigenvalue weighted by molar-refractivity contribution is 0.0585. The van der Waals surface area contributed by atoms with E-state index < -0.39 is 6.43 Å². The van der Waals surface area contributed by atoms with Crippen molar-refractivity contribution in [3.05, 3.63) is 16.1 Å². The molecule has 0 saturated heterocycles. The Kier molecular flexibility index (Phi) is 6.26. The standard InChI is InChI=1S/C10H15ClF2N2OS/c1-7(10-14-8(4-11)6-17-10)15(2-3-16)5-9(12)13/h6-7,9,16H,2-5H2,1H3. The van der Waals surface area contributed by atoms with Gasteiger partial charge in [0.2, 0.25) is 0 Å². The highest BCUT2D eigenvalue weighted by atomic mass is 35.5. The van der Waals surface area contributed by atoms with Gasteiger partial charge in [0.05, 0.1) is 30.8 Å². The van der Waals surface area contributed by atoms with Gasteiger partial charge in [0, 0.05) is 11.9 Å². The maximum absolute atomic E-state index is 12.4. The molecule has 0 aliphatic heterocycles. The van der Waals surface area contributed by atoms with E-state index in [1.165, 1.54) is 16.2 Å². The van der Waals surface area contributed by atoms with Crippen LogP contribution < -0.4 is 0 Å². The van der Waals surface area contributed by atoms with Gasteiger partial charge in [-0.3, -0.25) is 4.90 Å². The minimum absolute atomic E-state index is 0.148. The van der Waals surface area contributed by atoms with Crippen LogP contribution in [0.15, 0.2) is 5.38 Å². The fourth-order valence-corrected chi connectivity index (χ4v) is 2.62. The molecule has 0 radical (unpaired) electrons. The van der Waals surface area contributed by atoms with Gasteiger partial charge >= 0.3 is 0 Å². The van der Waals surface area contributed by atoms with Gasteiger partial charge < -0.3 is 5.11 Å². The van der Waals surface area contributed by atoms with Gasteiger partial charge in [-0.15, -0.1) is 22.9 Å². The normalized spacial score (nSPS) is 13.6. The van der Waals surface area contributed by atoms with E-state index >= 15 is 0 Å². The molecule has 3 nitrogen and oxygen atoms in total. The van der Waals surface area contributed by atoms with E-state index in [9.17, 15) is 8.78 Å². The Labute approximate surface area is 108 Å². The van der Waals surface area contributed by atoms with Crippen molar-refractivity contribution in [2.24, 2.45) is 0 Å². The quantitative estimate of drug-likeness (QED) is 0.782. The van der Waals surface area contributed by atoms with Crippen LogP contribution in [0, 0.1) is 0 Å². The molecular weight excluding hydrogens is 270 g/mol. The lowest BCUT2D eigenvalue weighted by atomic mass is 10.3. The minimum atomic E-state index is -2.42. The summed E-state index contributed by atoms with van der Waals surface area (Å²) in [6.07, 6.45) is -2.42. The first-order valence-corrected chi connectivity index (χ1v) is 6.63. The first kappa shape index (κ1) is 14.8. The molecule has 1 aromatic heterocycles. The summed E-state index contributed by atoms with van der Waals surface area (Å²) in [5, 5.41) is 11.4. The topological polar surface area (TPSA) is 36.4 Å². The van der Waals surface area contributed by atoms with Gasteiger partial charge in [-0.2, -0.15) is 0 Å². The molecule has 17 heavy (non-hydrogen) atoms. The molecule has 1 unspecified atom stereocenters. The summed E-state index contributed by atoms with van der Waals surface area (Å²) in [5.41, 5.74) is 0.750. The number of aliphatic hydroxyl groups excluding tert-OH is 1. The molecule has 0 aliphatic rings. The van der Waals surface area contributed by atoms with Crippen molar-refractivity contribution in [1.82, 2.24) is 9.88 Å². The number of rotatable bonds is 7. The third kappa shape index (κ3) is 4.46. The van der Waals surface area contributed by atoms with Crippen molar-refractivity contribution >= 4 is 22.9 Å². The molecule has 0 fully saturated rings. The summed E-state index contributed by atoms with van der Waals surface area (Å²) in [6, 6.07) is -0.238. The molecule has 0 bridgehead atoms. The number of hydrogen-bond donors (Lipinski definition) is 1. The zero-order valence-corrected chi connectivity index (χ0v) is 11.0. The predicted octanol–water partition coefficient (Wildman–Crippen LogP) is 2.50. The maximum atomic E-state index is 12.4. The van der Waals surface area contributed by atoms with Crippen LogP contribution in [0.4, 0.5) is 8.78 Å². The lowest BCUT2D eigenvalue weighted by Crippen LogP contribution is -2.34. The fraction of sp³-hybridized carbons (Fsp3) is 0.700. The Hall–Kier alpha value is -0.300. The van der Waals surface area contributed by atoms with Crippen LogP contribution in [0.25, 0.3) is 0 Å². The van der Waals surface area contributed by atoms with Crippen molar-refractivity contribution in [3.63, 3.8) is 0 Å². The first-order valence-electron chi connectivity index (χ1n) is 5.21. The molecule has 0 aromatic carbocycles. The van der Waals surface area contributed by atoms with Crippen LogP contribution in [0.1, 0.15) is 23.7 Å². The van der Waals surface area contributed by atoms with Gasteiger partial charge in [0.15, 0.2) is 0 Å². The molecule has 7 heteroatoms. The van der Waals surface area contributed by atoms with Crippen molar-refractivity contribution in [2.45, 2.75) is 25.3 Å². The Balaban J connectivity index is 2.71. The zero-order valence-electron chi connectivity index (χ0n) is 9.44. The number of nitrogens with zero attached hydrogens (tertiary/aromatic N) is 2. The molecule has 0 aliphatic carbocycles. The van der Waals surface area contributed by atoms with E-state index in [0.29, 0.717) is 5.88 Å². The molecule has 1 atom stereocenters. The second-order valence-corrected chi connectivity index (χ2v) is 4.75. The monoisotopic (exact) mass is 284 g/mol. The molecular formula is C10H15ClF2N2OS. The van der Waals surface area contributed by atoms with Crippen molar-refractivity contribution in [1.29, 1.82) is 0 Å². The van der Waals surface area contributed by atoms with E-state index in [2.05, 4.69) is 4.98 Å². The van der Waals surface area contributed by atoms with Crippen LogP contribution in [0.3, 0.4) is 0 Å². The molecule has 98 valence electrons. The summed E-state index contributed by atoms with van der Waals surface area (Å²) < 4.78 is 24.8. The average Bonchev–Trinajstić information content (AvgIpc) is 2.75. The van der Waals surface area contributed by atoms with Gasteiger partial charge in [-0.25, -0.2) is 13.8 Å². The predicted molar refractivity (Wildman–Crippen MR) is 64.7 cm³/mol. The molecule has 1 rings (SSSR count). The molecule has 0 saturated carbocycles. The number of halogens is 3. The SMILES string of the molecule is CC(c1nc(CCl)cs1)N(CCO)CC(F)F. The van der Waals surface area contributed by atoms with Gasteiger partial charge in [0.1, 0.15) is 5.01 Å². The maximum Gasteiger partial charge on any atom is 0.251 e. The second kappa shape index (κ2) is 7.20. The Bertz CT molecular complexity index is 338. The fourth-order valence-electron chi connectivity index (χ4n) is 1.48. The summed E-state index contributed by atoms with van der Waals surface area (Å²) in [6.45, 7) is 1.50. The van der Waals surface area contributed by atoms with Crippen LogP contribution in [-0.2, 0) is 5.88 Å². The third-order valence-corrected chi connectivity index (χ3v) is 3.71. The summed E-state index contributed by atoms with van der Waals surface area (Å²) >= 11 is 7.04. The van der Waals surface area contributed by atoms with Crippen LogP contribution in [0.5, 0.6) is 0 Å². The van der Waals surface area contributed by atoms with Gasteiger partial charge in [0.25, 0.3) is 6.43 Å². The molecule has 1 N–H and O–H groups in total. The summed E-state index contributed by atoms with van der Waals surface area (Å²) in [4.78, 5) is 5.77. The van der Waals surface area contributed by atoms with E-state index in [1.54, 1.807) is 6.92 Å². The van der Waals surface area contributed by atoms with E-state index in [4.69, 9.17) is 16.7 Å². The molecule has 1 aromatic rings. The van der Waals surface area contributed by atoms with E-state index in [1.807, 2.05) is 5.38 Å². The first-order chi connectivity index (χ1) is 8.08. The second-order valence-electron chi connectivity index (χ2n) is 3.60. The minimum Gasteiger partial charge on any atom is -0.395 e. The largest absolute Gasteiger partial charge is 0.395 e. The lowest BCUT2D eigenvalue weighted by Gasteiger charge is -2.26. The van der Waals surface area contributed by atoms with Crippen molar-refractivity contribution in [3.8, 4) is 0 Å². The molecule has 0 spiro atoms. The highest BCUT2D eigenvalue weighted by Crippen LogP contribution is 2.24. The number of thiazole rings is 1.